The van der Waals surface area contributed by atoms with Crippen LogP contribution in [0.2, 0.25) is 0 Å². The van der Waals surface area contributed by atoms with Crippen LogP contribution in [0.4, 0.5) is 0 Å². The maximum Gasteiger partial charge on any atom is 0.203 e. The van der Waals surface area contributed by atoms with Crippen LogP contribution in [-0.4, -0.2) is 14.9 Å². The molecule has 0 radical (unpaired) electrons. The van der Waals surface area contributed by atoms with Crippen LogP contribution in [-0.2, 0) is 13.1 Å². The lowest BCUT2D eigenvalue weighted by Crippen LogP contribution is -2.26. The molecule has 0 aliphatic rings. The number of thiophene rings is 1. The van der Waals surface area contributed by atoms with Gasteiger partial charge in [-0.3, -0.25) is 10.2 Å². The Kier molecular flexibility index (Phi) is 5.41. The van der Waals surface area contributed by atoms with E-state index in [9.17, 15) is 4.79 Å². The van der Waals surface area contributed by atoms with Gasteiger partial charge >= 0.3 is 0 Å². The van der Waals surface area contributed by atoms with E-state index in [2.05, 4.69) is 15.9 Å². The number of carbonyl (C=O) groups is 1. The molecule has 2 heterocycles. The predicted octanol–water partition coefficient (Wildman–Crippen LogP) is 4.23. The van der Waals surface area contributed by atoms with E-state index >= 15 is 0 Å². The molecule has 0 aliphatic heterocycles. The van der Waals surface area contributed by atoms with Crippen LogP contribution < -0.4 is 5.62 Å². The van der Waals surface area contributed by atoms with Crippen molar-refractivity contribution in [3.63, 3.8) is 0 Å². The second kappa shape index (κ2) is 6.93. The van der Waals surface area contributed by atoms with Gasteiger partial charge in [0.15, 0.2) is 5.78 Å². The van der Waals surface area contributed by atoms with E-state index in [-0.39, 0.29) is 29.3 Å². The lowest BCUT2D eigenvalue weighted by Gasteiger charge is -2.02. The highest BCUT2D eigenvalue weighted by Gasteiger charge is 2.14. The van der Waals surface area contributed by atoms with Crippen LogP contribution >= 0.6 is 44.2 Å². The fraction of sp³-hybridized carbons (Fsp3) is 0.200. The van der Waals surface area contributed by atoms with Gasteiger partial charge in [-0.15, -0.1) is 28.3 Å². The Bertz CT molecular complexity index is 878. The van der Waals surface area contributed by atoms with Gasteiger partial charge in [0.1, 0.15) is 0 Å². The molecule has 0 spiro atoms. The number of aromatic nitrogens is 2. The minimum absolute atomic E-state index is 0. The molecular weight excluding hydrogens is 430 g/mol. The van der Waals surface area contributed by atoms with Gasteiger partial charge in [-0.1, -0.05) is 12.1 Å². The number of nitrogens with zero attached hydrogens (tertiary/aromatic N) is 2. The Morgan fingerprint density at radius 2 is 1.82 bits per heavy atom. The molecule has 1 aromatic carbocycles. The van der Waals surface area contributed by atoms with Crippen LogP contribution in [0.5, 0.6) is 0 Å². The van der Waals surface area contributed by atoms with Gasteiger partial charge in [-0.25, -0.2) is 0 Å². The molecule has 2 aromatic heterocycles. The molecule has 0 amide bonds. The molecule has 0 aliphatic carbocycles. The summed E-state index contributed by atoms with van der Waals surface area (Å²) in [5, 5.41) is 8.30. The average Bonchev–Trinajstić information content (AvgIpc) is 3.02. The van der Waals surface area contributed by atoms with Crippen molar-refractivity contribution in [2.45, 2.75) is 20.0 Å². The molecule has 7 heteroatoms. The normalized spacial score (nSPS) is 10.6. The highest BCUT2D eigenvalue weighted by molar-refractivity contribution is 9.11. The second-order valence-electron chi connectivity index (χ2n) is 4.67. The average molecular weight is 445 g/mol. The van der Waals surface area contributed by atoms with Crippen molar-refractivity contribution < 1.29 is 4.79 Å². The van der Waals surface area contributed by atoms with Gasteiger partial charge in [0.2, 0.25) is 5.62 Å². The van der Waals surface area contributed by atoms with Crippen molar-refractivity contribution in [1.29, 1.82) is 5.41 Å². The number of benzene rings is 1. The number of hydrogen-bond acceptors (Lipinski definition) is 3. The van der Waals surface area contributed by atoms with Crippen molar-refractivity contribution in [3.05, 3.63) is 50.7 Å². The fourth-order valence-electron chi connectivity index (χ4n) is 2.46. The molecule has 0 fully saturated rings. The summed E-state index contributed by atoms with van der Waals surface area (Å²) in [6.45, 7) is 2.91. The summed E-state index contributed by atoms with van der Waals surface area (Å²) < 4.78 is 4.62. The largest absolute Gasteiger partial charge is 0.311 e. The number of hydrogen-bond donors (Lipinski definition) is 1. The van der Waals surface area contributed by atoms with Crippen molar-refractivity contribution in [2.75, 3.05) is 0 Å². The Balaban J connectivity index is 0.00000176. The maximum atomic E-state index is 12.4. The molecule has 0 bridgehead atoms. The Morgan fingerprint density at radius 3 is 2.36 bits per heavy atom. The van der Waals surface area contributed by atoms with Gasteiger partial charge in [0, 0.05) is 6.54 Å². The third-order valence-electron chi connectivity index (χ3n) is 3.44. The quantitative estimate of drug-likeness (QED) is 0.601. The third kappa shape index (κ3) is 2.98. The lowest BCUT2D eigenvalue weighted by molar-refractivity contribution is 0.0975. The predicted molar refractivity (Wildman–Crippen MR) is 98.1 cm³/mol. The first kappa shape index (κ1) is 17.2. The topological polar surface area (TPSA) is 50.8 Å². The van der Waals surface area contributed by atoms with Gasteiger partial charge in [0.05, 0.1) is 26.2 Å². The van der Waals surface area contributed by atoms with Crippen LogP contribution in [0.15, 0.2) is 40.2 Å². The zero-order valence-corrected chi connectivity index (χ0v) is 16.0. The molecule has 1 N–H and O–H groups in total. The molecule has 0 saturated heterocycles. The van der Waals surface area contributed by atoms with Gasteiger partial charge < -0.3 is 9.13 Å². The van der Waals surface area contributed by atoms with E-state index in [0.29, 0.717) is 17.0 Å². The van der Waals surface area contributed by atoms with Crippen LogP contribution in [0.3, 0.4) is 0 Å². The van der Waals surface area contributed by atoms with Crippen LogP contribution in [0.25, 0.3) is 11.0 Å². The van der Waals surface area contributed by atoms with E-state index in [4.69, 9.17) is 5.41 Å². The molecule has 22 heavy (non-hydrogen) atoms. The molecule has 0 saturated carbocycles. The summed E-state index contributed by atoms with van der Waals surface area (Å²) in [6, 6.07) is 11.5. The second-order valence-corrected chi connectivity index (χ2v) is 7.13. The molecular formula is C15H15Br2N3OS. The number of para-hydroxylation sites is 2. The van der Waals surface area contributed by atoms with E-state index < -0.39 is 0 Å². The summed E-state index contributed by atoms with van der Waals surface area (Å²) in [7, 11) is 0. The van der Waals surface area contributed by atoms with Crippen LogP contribution in [0, 0.1) is 5.41 Å². The number of fused-ring (bicyclic) bond motifs is 1. The number of carbonyl (C=O) groups excluding carboxylic acids is 1. The number of Topliss-reactive ketones (excluding diaryl/α,β-unsaturated/α-hetero) is 1. The molecule has 3 rings (SSSR count). The smallest absolute Gasteiger partial charge is 0.203 e. The maximum absolute atomic E-state index is 12.4. The Labute approximate surface area is 150 Å². The highest BCUT2D eigenvalue weighted by Crippen LogP contribution is 2.23. The zero-order chi connectivity index (χ0) is 15.0. The third-order valence-corrected chi connectivity index (χ3v) is 5.11. The number of halogens is 2. The summed E-state index contributed by atoms with van der Waals surface area (Å²) in [5.74, 6) is 0.0307. The number of imidazole rings is 1. The number of nitrogens with one attached hydrogen (secondary N) is 1. The Morgan fingerprint density at radius 1 is 1.18 bits per heavy atom. The first-order valence-corrected chi connectivity index (χ1v) is 8.24. The van der Waals surface area contributed by atoms with Gasteiger partial charge in [0.25, 0.3) is 0 Å². The first-order valence-electron chi connectivity index (χ1n) is 6.63. The summed E-state index contributed by atoms with van der Waals surface area (Å²) in [4.78, 5) is 13.1. The van der Waals surface area contributed by atoms with Crippen molar-refractivity contribution >= 4 is 61.1 Å². The van der Waals surface area contributed by atoms with E-state index in [1.165, 1.54) is 11.3 Å². The minimum Gasteiger partial charge on any atom is -0.311 e. The number of ketones is 1. The van der Waals surface area contributed by atoms with Crippen molar-refractivity contribution in [2.24, 2.45) is 0 Å². The molecule has 0 unspecified atom stereocenters. The Hall–Kier alpha value is -1.18. The highest BCUT2D eigenvalue weighted by atomic mass is 79.9. The molecule has 3 aromatic rings. The summed E-state index contributed by atoms with van der Waals surface area (Å²) in [5.41, 5.74) is 2.28. The monoisotopic (exact) mass is 443 g/mol. The zero-order valence-electron chi connectivity index (χ0n) is 11.9. The SMILES string of the molecule is Br.CCn1c(=N)n(CC(=O)c2ccc(Br)s2)c2ccccc21. The van der Waals surface area contributed by atoms with E-state index in [1.54, 1.807) is 4.57 Å². The van der Waals surface area contributed by atoms with Crippen molar-refractivity contribution in [3.8, 4) is 0 Å². The first-order chi connectivity index (χ1) is 10.1. The molecule has 116 valence electrons. The van der Waals surface area contributed by atoms with Gasteiger partial charge in [-0.2, -0.15) is 0 Å². The lowest BCUT2D eigenvalue weighted by atomic mass is 10.3. The number of rotatable bonds is 4. The van der Waals surface area contributed by atoms with E-state index in [0.717, 1.165) is 14.8 Å². The standard InChI is InChI=1S/C15H14BrN3OS.BrH/c1-2-18-10-5-3-4-6-11(10)19(15(18)17)9-12(20)13-7-8-14(16)21-13;/h3-8,17H,2,9H2,1H3;1H. The van der Waals surface area contributed by atoms with Crippen LogP contribution in [0.1, 0.15) is 16.6 Å². The summed E-state index contributed by atoms with van der Waals surface area (Å²) >= 11 is 4.80. The van der Waals surface area contributed by atoms with E-state index in [1.807, 2.05) is 47.9 Å². The number of aryl methyl sites for hydroxylation is 1. The molecule has 4 nitrogen and oxygen atoms in total. The van der Waals surface area contributed by atoms with Gasteiger partial charge in [-0.05, 0) is 47.1 Å². The molecule has 0 atom stereocenters. The summed E-state index contributed by atoms with van der Waals surface area (Å²) in [6.07, 6.45) is 0. The fourth-order valence-corrected chi connectivity index (χ4v) is 3.78. The van der Waals surface area contributed by atoms with Crippen molar-refractivity contribution in [1.82, 2.24) is 9.13 Å². The minimum atomic E-state index is 0.